The van der Waals surface area contributed by atoms with Crippen LogP contribution in [-0.4, -0.2) is 56.4 Å². The number of benzene rings is 1. The fourth-order valence-electron chi connectivity index (χ4n) is 4.22. The highest BCUT2D eigenvalue weighted by molar-refractivity contribution is 7.89. The van der Waals surface area contributed by atoms with Crippen LogP contribution < -0.4 is 15.0 Å². The lowest BCUT2D eigenvalue weighted by atomic mass is 9.97. The van der Waals surface area contributed by atoms with Gasteiger partial charge in [-0.25, -0.2) is 13.4 Å². The van der Waals surface area contributed by atoms with Crippen molar-refractivity contribution in [2.75, 3.05) is 43.0 Å². The number of hydrogen-bond donors (Lipinski definition) is 1. The summed E-state index contributed by atoms with van der Waals surface area (Å²) in [5, 5.41) is 2.93. The summed E-state index contributed by atoms with van der Waals surface area (Å²) >= 11 is 0. The number of carbonyl (C=O) groups is 1. The molecular weight excluding hydrogens is 428 g/mol. The Morgan fingerprint density at radius 1 is 1.06 bits per heavy atom. The number of anilines is 2. The second-order valence-electron chi connectivity index (χ2n) is 8.17. The van der Waals surface area contributed by atoms with Crippen LogP contribution in [0.15, 0.2) is 47.5 Å². The topological polar surface area (TPSA) is 91.8 Å². The number of amides is 1. The van der Waals surface area contributed by atoms with E-state index >= 15 is 0 Å². The number of sulfonamides is 1. The van der Waals surface area contributed by atoms with Gasteiger partial charge in [0.15, 0.2) is 0 Å². The number of nitrogens with one attached hydrogen (secondary N) is 1. The van der Waals surface area contributed by atoms with E-state index in [0.717, 1.165) is 18.9 Å². The quantitative estimate of drug-likeness (QED) is 0.685. The van der Waals surface area contributed by atoms with Gasteiger partial charge in [0, 0.05) is 32.1 Å². The summed E-state index contributed by atoms with van der Waals surface area (Å²) in [6.45, 7) is 5.10. The Labute approximate surface area is 189 Å². The summed E-state index contributed by atoms with van der Waals surface area (Å²) in [7, 11) is -3.58. The maximum Gasteiger partial charge on any atom is 0.243 e. The van der Waals surface area contributed by atoms with E-state index in [-0.39, 0.29) is 16.7 Å². The molecule has 0 spiro atoms. The molecule has 0 radical (unpaired) electrons. The smallest absolute Gasteiger partial charge is 0.243 e. The van der Waals surface area contributed by atoms with Gasteiger partial charge in [-0.2, -0.15) is 4.31 Å². The van der Waals surface area contributed by atoms with Gasteiger partial charge in [-0.1, -0.05) is 0 Å². The minimum Gasteiger partial charge on any atom is -0.494 e. The van der Waals surface area contributed by atoms with Crippen molar-refractivity contribution in [1.82, 2.24) is 9.29 Å². The third kappa shape index (κ3) is 5.05. The van der Waals surface area contributed by atoms with Crippen molar-refractivity contribution in [3.05, 3.63) is 42.6 Å². The highest BCUT2D eigenvalue weighted by Crippen LogP contribution is 2.26. The SMILES string of the molecule is CCOc1ccc(S(=O)(=O)N2CCC(C(=O)Nc3ccc(N4CCCC4)nc3)CC2)cc1. The van der Waals surface area contributed by atoms with E-state index in [9.17, 15) is 13.2 Å². The molecule has 2 aliphatic rings. The van der Waals surface area contributed by atoms with Gasteiger partial charge in [0.05, 0.1) is 23.4 Å². The molecule has 0 unspecified atom stereocenters. The number of carbonyl (C=O) groups excluding carboxylic acids is 1. The largest absolute Gasteiger partial charge is 0.494 e. The third-order valence-electron chi connectivity index (χ3n) is 6.04. The molecule has 1 aromatic carbocycles. The lowest BCUT2D eigenvalue weighted by Gasteiger charge is -2.30. The zero-order valence-corrected chi connectivity index (χ0v) is 19.2. The standard InChI is InChI=1S/C23H30N4O4S/c1-2-31-20-6-8-21(9-7-20)32(29,30)27-15-11-18(12-16-27)23(28)25-19-5-10-22(24-17-19)26-13-3-4-14-26/h5-10,17-18H,2-4,11-16H2,1H3,(H,25,28). The van der Waals surface area contributed by atoms with Crippen molar-refractivity contribution in [3.63, 3.8) is 0 Å². The number of ether oxygens (including phenoxy) is 1. The van der Waals surface area contributed by atoms with Crippen LogP contribution in [0.3, 0.4) is 0 Å². The number of hydrogen-bond acceptors (Lipinski definition) is 6. The van der Waals surface area contributed by atoms with Crippen molar-refractivity contribution < 1.29 is 17.9 Å². The molecule has 0 saturated carbocycles. The van der Waals surface area contributed by atoms with Crippen LogP contribution in [0.4, 0.5) is 11.5 Å². The second kappa shape index (κ2) is 9.87. The first-order chi connectivity index (χ1) is 15.5. The molecule has 4 rings (SSSR count). The first kappa shape index (κ1) is 22.5. The van der Waals surface area contributed by atoms with Gasteiger partial charge >= 0.3 is 0 Å². The van der Waals surface area contributed by atoms with Gasteiger partial charge in [-0.15, -0.1) is 0 Å². The molecule has 1 aromatic heterocycles. The van der Waals surface area contributed by atoms with E-state index in [0.29, 0.717) is 44.0 Å². The van der Waals surface area contributed by atoms with Gasteiger partial charge < -0.3 is 15.0 Å². The van der Waals surface area contributed by atoms with Gasteiger partial charge in [0.2, 0.25) is 15.9 Å². The molecule has 2 fully saturated rings. The Kier molecular flexibility index (Phi) is 6.95. The molecule has 0 bridgehead atoms. The van der Waals surface area contributed by atoms with E-state index in [4.69, 9.17) is 4.74 Å². The summed E-state index contributed by atoms with van der Waals surface area (Å²) in [4.78, 5) is 19.7. The van der Waals surface area contributed by atoms with Gasteiger partial charge in [0.1, 0.15) is 11.6 Å². The summed E-state index contributed by atoms with van der Waals surface area (Å²) in [6.07, 6.45) is 5.04. The van der Waals surface area contributed by atoms with Crippen LogP contribution in [0.5, 0.6) is 5.75 Å². The van der Waals surface area contributed by atoms with E-state index in [2.05, 4.69) is 15.2 Å². The third-order valence-corrected chi connectivity index (χ3v) is 7.96. The summed E-state index contributed by atoms with van der Waals surface area (Å²) < 4.78 is 32.7. The van der Waals surface area contributed by atoms with Crippen molar-refractivity contribution in [1.29, 1.82) is 0 Å². The maximum atomic E-state index is 12.9. The van der Waals surface area contributed by atoms with Crippen molar-refractivity contribution in [2.45, 2.75) is 37.5 Å². The second-order valence-corrected chi connectivity index (χ2v) is 10.1. The van der Waals surface area contributed by atoms with Crippen LogP contribution >= 0.6 is 0 Å². The van der Waals surface area contributed by atoms with Crippen LogP contribution in [-0.2, 0) is 14.8 Å². The van der Waals surface area contributed by atoms with Crippen molar-refractivity contribution in [2.24, 2.45) is 5.92 Å². The van der Waals surface area contributed by atoms with Crippen molar-refractivity contribution in [3.8, 4) is 5.75 Å². The monoisotopic (exact) mass is 458 g/mol. The highest BCUT2D eigenvalue weighted by Gasteiger charge is 2.32. The molecule has 3 heterocycles. The fraction of sp³-hybridized carbons (Fsp3) is 0.478. The van der Waals surface area contributed by atoms with E-state index in [1.807, 2.05) is 19.1 Å². The van der Waals surface area contributed by atoms with Gasteiger partial charge in [-0.05, 0) is 69.0 Å². The zero-order valence-electron chi connectivity index (χ0n) is 18.4. The molecule has 2 aromatic rings. The molecule has 32 heavy (non-hydrogen) atoms. The fourth-order valence-corrected chi connectivity index (χ4v) is 5.69. The number of piperidine rings is 1. The Hall–Kier alpha value is -2.65. The number of rotatable bonds is 7. The molecule has 172 valence electrons. The Morgan fingerprint density at radius 2 is 1.75 bits per heavy atom. The first-order valence-corrected chi connectivity index (χ1v) is 12.7. The molecular formula is C23H30N4O4S. The molecule has 9 heteroatoms. The number of aromatic nitrogens is 1. The number of nitrogens with zero attached hydrogens (tertiary/aromatic N) is 3. The van der Waals surface area contributed by atoms with E-state index < -0.39 is 10.0 Å². The normalized spacial score (nSPS) is 18.0. The average Bonchev–Trinajstić information content (AvgIpc) is 3.35. The average molecular weight is 459 g/mol. The summed E-state index contributed by atoms with van der Waals surface area (Å²) in [5.74, 6) is 1.27. The van der Waals surface area contributed by atoms with Crippen LogP contribution in [0, 0.1) is 5.92 Å². The predicted molar refractivity (Wildman–Crippen MR) is 123 cm³/mol. The van der Waals surface area contributed by atoms with Crippen LogP contribution in [0.25, 0.3) is 0 Å². The molecule has 0 atom stereocenters. The van der Waals surface area contributed by atoms with Crippen LogP contribution in [0.1, 0.15) is 32.6 Å². The molecule has 2 saturated heterocycles. The maximum absolute atomic E-state index is 12.9. The summed E-state index contributed by atoms with van der Waals surface area (Å²) in [5.41, 5.74) is 0.669. The molecule has 1 N–H and O–H groups in total. The van der Waals surface area contributed by atoms with E-state index in [1.165, 1.54) is 17.1 Å². The predicted octanol–water partition coefficient (Wildman–Crippen LogP) is 3.12. The Balaban J connectivity index is 1.31. The van der Waals surface area contributed by atoms with Gasteiger partial charge in [0.25, 0.3) is 0 Å². The molecule has 0 aliphatic carbocycles. The Morgan fingerprint density at radius 3 is 2.34 bits per heavy atom. The summed E-state index contributed by atoms with van der Waals surface area (Å²) in [6, 6.07) is 10.3. The Bertz CT molecular complexity index is 1010. The highest BCUT2D eigenvalue weighted by atomic mass is 32.2. The minimum absolute atomic E-state index is 0.0844. The molecule has 1 amide bonds. The minimum atomic E-state index is -3.58. The number of pyridine rings is 1. The first-order valence-electron chi connectivity index (χ1n) is 11.2. The van der Waals surface area contributed by atoms with Crippen molar-refractivity contribution >= 4 is 27.4 Å². The molecule has 2 aliphatic heterocycles. The van der Waals surface area contributed by atoms with Crippen LogP contribution in [0.2, 0.25) is 0 Å². The van der Waals surface area contributed by atoms with E-state index in [1.54, 1.807) is 30.5 Å². The zero-order chi connectivity index (χ0) is 22.6. The lowest BCUT2D eigenvalue weighted by Crippen LogP contribution is -2.41. The van der Waals surface area contributed by atoms with Gasteiger partial charge in [-0.3, -0.25) is 4.79 Å². The molecule has 8 nitrogen and oxygen atoms in total. The lowest BCUT2D eigenvalue weighted by molar-refractivity contribution is -0.120.